The van der Waals surface area contributed by atoms with Crippen molar-refractivity contribution in [2.75, 3.05) is 12.3 Å². The SMILES string of the molecule is Cc1ccc(C)c(-n2ccnc2SCC(=O)N2CCCC2c2nc3ccccc3s2)c1. The minimum Gasteiger partial charge on any atom is -0.332 e. The molecule has 7 heteroatoms. The third-order valence-electron chi connectivity index (χ3n) is 5.72. The fourth-order valence-electron chi connectivity index (χ4n) is 4.12. The van der Waals surface area contributed by atoms with E-state index >= 15 is 0 Å². The summed E-state index contributed by atoms with van der Waals surface area (Å²) in [6, 6.07) is 14.7. The number of thioether (sulfide) groups is 1. The van der Waals surface area contributed by atoms with Gasteiger partial charge in [0.15, 0.2) is 5.16 Å². The number of hydrogen-bond acceptors (Lipinski definition) is 5. The van der Waals surface area contributed by atoms with Gasteiger partial charge in [0.05, 0.1) is 27.7 Å². The third kappa shape index (κ3) is 4.00. The molecule has 5 nitrogen and oxygen atoms in total. The van der Waals surface area contributed by atoms with Crippen molar-refractivity contribution in [3.8, 4) is 5.69 Å². The first kappa shape index (κ1) is 20.3. The third-order valence-corrected chi connectivity index (χ3v) is 7.81. The number of carbonyl (C=O) groups excluding carboxylic acids is 1. The summed E-state index contributed by atoms with van der Waals surface area (Å²) in [5, 5.41) is 1.90. The van der Waals surface area contributed by atoms with Crippen molar-refractivity contribution in [2.45, 2.75) is 37.9 Å². The second kappa shape index (κ2) is 8.48. The lowest BCUT2D eigenvalue weighted by Gasteiger charge is -2.23. The number of amides is 1. The molecule has 1 unspecified atom stereocenters. The Morgan fingerprint density at radius 1 is 1.23 bits per heavy atom. The summed E-state index contributed by atoms with van der Waals surface area (Å²) in [6.07, 6.45) is 5.77. The van der Waals surface area contributed by atoms with Crippen LogP contribution in [0.3, 0.4) is 0 Å². The monoisotopic (exact) mass is 448 g/mol. The lowest BCUT2D eigenvalue weighted by molar-refractivity contribution is -0.129. The Morgan fingerprint density at radius 2 is 2.10 bits per heavy atom. The first-order valence-corrected chi connectivity index (χ1v) is 12.3. The highest BCUT2D eigenvalue weighted by molar-refractivity contribution is 7.99. The Bertz CT molecular complexity index is 1210. The zero-order valence-electron chi connectivity index (χ0n) is 17.6. The Balaban J connectivity index is 1.32. The van der Waals surface area contributed by atoms with Crippen LogP contribution < -0.4 is 0 Å². The molecular formula is C24H24N4OS2. The summed E-state index contributed by atoms with van der Waals surface area (Å²) in [5.41, 5.74) is 4.52. The maximum Gasteiger partial charge on any atom is 0.233 e. The number of likely N-dealkylation sites (tertiary alicyclic amines) is 1. The summed E-state index contributed by atoms with van der Waals surface area (Å²) >= 11 is 3.21. The molecule has 2 aromatic carbocycles. The van der Waals surface area contributed by atoms with Gasteiger partial charge in [0.1, 0.15) is 5.01 Å². The molecule has 0 radical (unpaired) electrons. The molecule has 0 N–H and O–H groups in total. The average Bonchev–Trinajstić information content (AvgIpc) is 3.51. The van der Waals surface area contributed by atoms with Crippen molar-refractivity contribution >= 4 is 39.2 Å². The maximum absolute atomic E-state index is 13.2. The number of imidazole rings is 1. The highest BCUT2D eigenvalue weighted by Gasteiger charge is 2.32. The fourth-order valence-corrected chi connectivity index (χ4v) is 6.09. The lowest BCUT2D eigenvalue weighted by atomic mass is 10.1. The van der Waals surface area contributed by atoms with Crippen LogP contribution in [-0.4, -0.2) is 37.6 Å². The molecule has 5 rings (SSSR count). The van der Waals surface area contributed by atoms with Crippen LogP contribution in [0.5, 0.6) is 0 Å². The first-order valence-electron chi connectivity index (χ1n) is 10.5. The number of hydrogen-bond donors (Lipinski definition) is 0. The minimum atomic E-state index is 0.0873. The summed E-state index contributed by atoms with van der Waals surface area (Å²) in [7, 11) is 0. The Morgan fingerprint density at radius 3 is 2.97 bits per heavy atom. The molecule has 1 aliphatic heterocycles. The molecule has 2 aromatic heterocycles. The van der Waals surface area contributed by atoms with Crippen molar-refractivity contribution in [3.05, 3.63) is 71.0 Å². The van der Waals surface area contributed by atoms with Crippen molar-refractivity contribution in [2.24, 2.45) is 0 Å². The van der Waals surface area contributed by atoms with Crippen LogP contribution in [0.25, 0.3) is 15.9 Å². The lowest BCUT2D eigenvalue weighted by Crippen LogP contribution is -2.32. The van der Waals surface area contributed by atoms with Gasteiger partial charge in [-0.05, 0) is 56.0 Å². The zero-order chi connectivity index (χ0) is 21.4. The van der Waals surface area contributed by atoms with Gasteiger partial charge in [-0.1, -0.05) is 36.0 Å². The largest absolute Gasteiger partial charge is 0.332 e. The molecule has 0 aliphatic carbocycles. The topological polar surface area (TPSA) is 51.0 Å². The molecule has 1 fully saturated rings. The van der Waals surface area contributed by atoms with E-state index in [0.717, 1.165) is 40.8 Å². The number of para-hydroxylation sites is 1. The Hall–Kier alpha value is -2.64. The molecule has 0 bridgehead atoms. The number of rotatable bonds is 5. The van der Waals surface area contributed by atoms with E-state index in [4.69, 9.17) is 4.98 Å². The second-order valence-corrected chi connectivity index (χ2v) is 9.93. The number of benzene rings is 2. The van der Waals surface area contributed by atoms with Crippen molar-refractivity contribution in [1.29, 1.82) is 0 Å². The number of fused-ring (bicyclic) bond motifs is 1. The van der Waals surface area contributed by atoms with Crippen LogP contribution in [-0.2, 0) is 4.79 Å². The van der Waals surface area contributed by atoms with Crippen LogP contribution in [0.2, 0.25) is 0 Å². The van der Waals surface area contributed by atoms with E-state index in [-0.39, 0.29) is 11.9 Å². The predicted octanol–water partition coefficient (Wildman–Crippen LogP) is 5.55. The van der Waals surface area contributed by atoms with Crippen LogP contribution in [0.1, 0.15) is 35.0 Å². The molecule has 1 atom stereocenters. The average molecular weight is 449 g/mol. The van der Waals surface area contributed by atoms with Gasteiger partial charge >= 0.3 is 0 Å². The predicted molar refractivity (Wildman–Crippen MR) is 127 cm³/mol. The number of carbonyl (C=O) groups is 1. The van der Waals surface area contributed by atoms with Gasteiger partial charge in [-0.3, -0.25) is 9.36 Å². The summed E-state index contributed by atoms with van der Waals surface area (Å²) in [5.74, 6) is 0.533. The number of aryl methyl sites for hydroxylation is 2. The molecule has 158 valence electrons. The first-order chi connectivity index (χ1) is 15.1. The van der Waals surface area contributed by atoms with Crippen LogP contribution in [0, 0.1) is 13.8 Å². The standard InChI is InChI=1S/C24H24N4OS2/c1-16-9-10-17(2)20(14-16)28-13-11-25-24(28)30-15-22(29)27-12-5-7-19(27)23-26-18-6-3-4-8-21(18)31-23/h3-4,6,8-11,13-14,19H,5,7,12,15H2,1-2H3. The summed E-state index contributed by atoms with van der Waals surface area (Å²) < 4.78 is 3.26. The zero-order valence-corrected chi connectivity index (χ0v) is 19.2. The molecule has 31 heavy (non-hydrogen) atoms. The molecule has 4 aromatic rings. The summed E-state index contributed by atoms with van der Waals surface area (Å²) in [6.45, 7) is 4.98. The molecule has 1 saturated heterocycles. The van der Waals surface area contributed by atoms with E-state index in [1.54, 1.807) is 17.5 Å². The normalized spacial score (nSPS) is 16.3. The highest BCUT2D eigenvalue weighted by Crippen LogP contribution is 2.37. The van der Waals surface area contributed by atoms with Gasteiger partial charge in [0.2, 0.25) is 5.91 Å². The fraction of sp³-hybridized carbons (Fsp3) is 0.292. The number of thiazole rings is 1. The molecule has 0 saturated carbocycles. The van der Waals surface area contributed by atoms with E-state index in [1.165, 1.54) is 27.6 Å². The van der Waals surface area contributed by atoms with E-state index in [9.17, 15) is 4.79 Å². The molecule has 1 amide bonds. The molecule has 3 heterocycles. The van der Waals surface area contributed by atoms with Crippen molar-refractivity contribution < 1.29 is 4.79 Å². The van der Waals surface area contributed by atoms with Crippen LogP contribution in [0.4, 0.5) is 0 Å². The van der Waals surface area contributed by atoms with E-state index < -0.39 is 0 Å². The van der Waals surface area contributed by atoms with Crippen LogP contribution >= 0.6 is 23.1 Å². The van der Waals surface area contributed by atoms with E-state index in [1.807, 2.05) is 29.3 Å². The highest BCUT2D eigenvalue weighted by atomic mass is 32.2. The quantitative estimate of drug-likeness (QED) is 0.375. The smallest absolute Gasteiger partial charge is 0.233 e. The van der Waals surface area contributed by atoms with Gasteiger partial charge < -0.3 is 4.90 Å². The second-order valence-electron chi connectivity index (χ2n) is 7.92. The van der Waals surface area contributed by atoms with E-state index in [0.29, 0.717) is 5.75 Å². The van der Waals surface area contributed by atoms with Crippen LogP contribution in [0.15, 0.2) is 60.0 Å². The number of nitrogens with zero attached hydrogens (tertiary/aromatic N) is 4. The molecule has 1 aliphatic rings. The van der Waals surface area contributed by atoms with Gasteiger partial charge in [0, 0.05) is 18.9 Å². The number of aromatic nitrogens is 3. The molecular weight excluding hydrogens is 424 g/mol. The minimum absolute atomic E-state index is 0.0873. The maximum atomic E-state index is 13.2. The van der Waals surface area contributed by atoms with Gasteiger partial charge in [0.25, 0.3) is 0 Å². The van der Waals surface area contributed by atoms with E-state index in [2.05, 4.69) is 47.7 Å². The van der Waals surface area contributed by atoms with Gasteiger partial charge in [-0.15, -0.1) is 11.3 Å². The Labute approximate surface area is 190 Å². The van der Waals surface area contributed by atoms with Gasteiger partial charge in [-0.25, -0.2) is 9.97 Å². The summed E-state index contributed by atoms with van der Waals surface area (Å²) in [4.78, 5) is 24.5. The van der Waals surface area contributed by atoms with Gasteiger partial charge in [-0.2, -0.15) is 0 Å². The Kier molecular flexibility index (Phi) is 5.54. The van der Waals surface area contributed by atoms with Crippen molar-refractivity contribution in [3.63, 3.8) is 0 Å². The molecule has 0 spiro atoms. The van der Waals surface area contributed by atoms with Crippen molar-refractivity contribution in [1.82, 2.24) is 19.4 Å².